The SMILES string of the molecule is O=C(CN(CCc1ccccc1)S(=O)(=O)c1cc(Cl)ccc1Cl)NCc1ccccc1. The van der Waals surface area contributed by atoms with Crippen LogP contribution in [0.1, 0.15) is 11.1 Å². The molecule has 31 heavy (non-hydrogen) atoms. The molecule has 8 heteroatoms. The van der Waals surface area contributed by atoms with Crippen LogP contribution in [0.4, 0.5) is 0 Å². The Morgan fingerprint density at radius 3 is 2.13 bits per heavy atom. The summed E-state index contributed by atoms with van der Waals surface area (Å²) < 4.78 is 27.8. The Morgan fingerprint density at radius 2 is 1.48 bits per heavy atom. The molecule has 0 unspecified atom stereocenters. The van der Waals surface area contributed by atoms with Crippen molar-refractivity contribution in [3.05, 3.63) is 100 Å². The van der Waals surface area contributed by atoms with Gasteiger partial charge >= 0.3 is 0 Å². The minimum atomic E-state index is -4.05. The number of hydrogen-bond acceptors (Lipinski definition) is 3. The second-order valence-electron chi connectivity index (χ2n) is 6.91. The van der Waals surface area contributed by atoms with Crippen LogP contribution in [0.3, 0.4) is 0 Å². The minimum Gasteiger partial charge on any atom is -0.351 e. The van der Waals surface area contributed by atoms with Crippen LogP contribution in [-0.2, 0) is 27.8 Å². The molecule has 1 amide bonds. The molecule has 0 spiro atoms. The fourth-order valence-corrected chi connectivity index (χ4v) is 5.14. The monoisotopic (exact) mass is 476 g/mol. The zero-order chi connectivity index (χ0) is 22.3. The zero-order valence-electron chi connectivity index (χ0n) is 16.7. The van der Waals surface area contributed by atoms with E-state index in [0.29, 0.717) is 13.0 Å². The quantitative estimate of drug-likeness (QED) is 0.492. The van der Waals surface area contributed by atoms with Crippen LogP contribution in [0.5, 0.6) is 0 Å². The highest BCUT2D eigenvalue weighted by molar-refractivity contribution is 7.89. The number of nitrogens with one attached hydrogen (secondary N) is 1. The Balaban J connectivity index is 1.79. The predicted molar refractivity (Wildman–Crippen MR) is 124 cm³/mol. The van der Waals surface area contributed by atoms with E-state index in [1.807, 2.05) is 60.7 Å². The van der Waals surface area contributed by atoms with Crippen LogP contribution in [0, 0.1) is 0 Å². The molecule has 0 heterocycles. The number of benzene rings is 3. The van der Waals surface area contributed by atoms with Gasteiger partial charge in [0, 0.05) is 18.1 Å². The van der Waals surface area contributed by atoms with E-state index in [1.165, 1.54) is 18.2 Å². The van der Waals surface area contributed by atoms with E-state index in [-0.39, 0.29) is 28.0 Å². The average molecular weight is 477 g/mol. The fourth-order valence-electron chi connectivity index (χ4n) is 3.01. The second kappa shape index (κ2) is 10.8. The third kappa shape index (κ3) is 6.55. The van der Waals surface area contributed by atoms with Crippen LogP contribution in [0.25, 0.3) is 0 Å². The highest BCUT2D eigenvalue weighted by atomic mass is 35.5. The normalized spacial score (nSPS) is 11.5. The van der Waals surface area contributed by atoms with Crippen molar-refractivity contribution in [3.8, 4) is 0 Å². The van der Waals surface area contributed by atoms with Crippen LogP contribution in [0.2, 0.25) is 10.0 Å². The van der Waals surface area contributed by atoms with E-state index in [1.54, 1.807) is 0 Å². The van der Waals surface area contributed by atoms with Gasteiger partial charge in [-0.2, -0.15) is 4.31 Å². The van der Waals surface area contributed by atoms with Gasteiger partial charge in [0.2, 0.25) is 15.9 Å². The second-order valence-corrected chi connectivity index (χ2v) is 9.66. The third-order valence-corrected chi connectivity index (χ3v) is 7.22. The molecule has 0 aromatic heterocycles. The van der Waals surface area contributed by atoms with E-state index in [0.717, 1.165) is 15.4 Å². The predicted octanol–water partition coefficient (Wildman–Crippen LogP) is 4.54. The molecule has 162 valence electrons. The largest absolute Gasteiger partial charge is 0.351 e. The van der Waals surface area contributed by atoms with E-state index >= 15 is 0 Å². The van der Waals surface area contributed by atoms with Crippen molar-refractivity contribution >= 4 is 39.1 Å². The summed E-state index contributed by atoms with van der Waals surface area (Å²) in [5.74, 6) is -0.404. The first-order valence-corrected chi connectivity index (χ1v) is 11.9. The number of sulfonamides is 1. The number of nitrogens with zero attached hydrogens (tertiary/aromatic N) is 1. The van der Waals surface area contributed by atoms with Crippen molar-refractivity contribution in [2.45, 2.75) is 17.9 Å². The lowest BCUT2D eigenvalue weighted by molar-refractivity contribution is -0.121. The van der Waals surface area contributed by atoms with Crippen LogP contribution < -0.4 is 5.32 Å². The first-order valence-electron chi connectivity index (χ1n) is 9.66. The first-order chi connectivity index (χ1) is 14.9. The molecule has 0 saturated carbocycles. The highest BCUT2D eigenvalue weighted by Gasteiger charge is 2.28. The van der Waals surface area contributed by atoms with Gasteiger partial charge in [0.25, 0.3) is 0 Å². The molecule has 3 aromatic carbocycles. The van der Waals surface area contributed by atoms with Crippen LogP contribution in [-0.4, -0.2) is 31.7 Å². The molecule has 3 aromatic rings. The van der Waals surface area contributed by atoms with Crippen LogP contribution in [0.15, 0.2) is 83.8 Å². The van der Waals surface area contributed by atoms with Crippen LogP contribution >= 0.6 is 23.2 Å². The smallest absolute Gasteiger partial charge is 0.245 e. The van der Waals surface area contributed by atoms with E-state index in [2.05, 4.69) is 5.32 Å². The number of carbonyl (C=O) groups is 1. The lowest BCUT2D eigenvalue weighted by Crippen LogP contribution is -2.41. The summed E-state index contributed by atoms with van der Waals surface area (Å²) >= 11 is 12.2. The van der Waals surface area contributed by atoms with Gasteiger partial charge in [-0.3, -0.25) is 4.79 Å². The highest BCUT2D eigenvalue weighted by Crippen LogP contribution is 2.28. The lowest BCUT2D eigenvalue weighted by Gasteiger charge is -2.22. The van der Waals surface area contributed by atoms with E-state index < -0.39 is 15.9 Å². The van der Waals surface area contributed by atoms with Crippen molar-refractivity contribution in [1.82, 2.24) is 9.62 Å². The fraction of sp³-hybridized carbons (Fsp3) is 0.174. The summed E-state index contributed by atoms with van der Waals surface area (Å²) in [7, 11) is -4.05. The molecule has 0 aliphatic carbocycles. The number of rotatable bonds is 9. The standard InChI is InChI=1S/C23H22Cl2N2O3S/c24-20-11-12-21(25)22(15-20)31(29,30)27(14-13-18-7-3-1-4-8-18)17-23(28)26-16-19-9-5-2-6-10-19/h1-12,15H,13-14,16-17H2,(H,26,28). The summed E-state index contributed by atoms with van der Waals surface area (Å²) in [5.41, 5.74) is 1.89. The van der Waals surface area contributed by atoms with Gasteiger partial charge in [-0.05, 0) is 35.7 Å². The molecule has 3 rings (SSSR count). The molecular formula is C23H22Cl2N2O3S. The van der Waals surface area contributed by atoms with Crippen molar-refractivity contribution in [2.75, 3.05) is 13.1 Å². The first kappa shape index (κ1) is 23.3. The van der Waals surface area contributed by atoms with Gasteiger partial charge < -0.3 is 5.32 Å². The molecular weight excluding hydrogens is 455 g/mol. The Labute approximate surface area is 192 Å². The van der Waals surface area contributed by atoms with Crippen molar-refractivity contribution in [1.29, 1.82) is 0 Å². The Bertz CT molecular complexity index is 1120. The number of halogens is 2. The third-order valence-electron chi connectivity index (χ3n) is 4.66. The molecule has 1 N–H and O–H groups in total. The molecule has 0 radical (unpaired) electrons. The Kier molecular flexibility index (Phi) is 8.09. The molecule has 5 nitrogen and oxygen atoms in total. The Morgan fingerprint density at radius 1 is 0.871 bits per heavy atom. The molecule has 0 atom stereocenters. The van der Waals surface area contributed by atoms with Gasteiger partial charge in [0.15, 0.2) is 0 Å². The number of carbonyl (C=O) groups excluding carboxylic acids is 1. The van der Waals surface area contributed by atoms with Crippen molar-refractivity contribution in [3.63, 3.8) is 0 Å². The molecule has 0 saturated heterocycles. The number of hydrogen-bond donors (Lipinski definition) is 1. The van der Waals surface area contributed by atoms with Crippen molar-refractivity contribution < 1.29 is 13.2 Å². The average Bonchev–Trinajstić information content (AvgIpc) is 2.78. The van der Waals surface area contributed by atoms with Gasteiger partial charge in [-0.25, -0.2) is 8.42 Å². The van der Waals surface area contributed by atoms with E-state index in [4.69, 9.17) is 23.2 Å². The maximum atomic E-state index is 13.3. The van der Waals surface area contributed by atoms with E-state index in [9.17, 15) is 13.2 Å². The molecule has 0 bridgehead atoms. The van der Waals surface area contributed by atoms with Gasteiger partial charge in [-0.15, -0.1) is 0 Å². The minimum absolute atomic E-state index is 0.0544. The topological polar surface area (TPSA) is 66.5 Å². The lowest BCUT2D eigenvalue weighted by atomic mass is 10.1. The maximum absolute atomic E-state index is 13.3. The Hall–Kier alpha value is -2.38. The summed E-state index contributed by atoms with van der Waals surface area (Å²) in [6.07, 6.45) is 0.449. The summed E-state index contributed by atoms with van der Waals surface area (Å²) in [5, 5.41) is 3.08. The molecule has 0 aliphatic heterocycles. The zero-order valence-corrected chi connectivity index (χ0v) is 19.0. The van der Waals surface area contributed by atoms with Gasteiger partial charge in [0.05, 0.1) is 11.6 Å². The summed E-state index contributed by atoms with van der Waals surface area (Å²) in [6.45, 7) is 0.100. The maximum Gasteiger partial charge on any atom is 0.245 e. The van der Waals surface area contributed by atoms with Gasteiger partial charge in [-0.1, -0.05) is 83.9 Å². The summed E-state index contributed by atoms with van der Waals surface area (Å²) in [6, 6.07) is 23.1. The molecule has 0 aliphatic rings. The molecule has 0 fully saturated rings. The van der Waals surface area contributed by atoms with Gasteiger partial charge in [0.1, 0.15) is 4.90 Å². The summed E-state index contributed by atoms with van der Waals surface area (Å²) in [4.78, 5) is 12.5. The number of amides is 1. The van der Waals surface area contributed by atoms with Crippen molar-refractivity contribution in [2.24, 2.45) is 0 Å².